The SMILES string of the molecule is CCc1ccc(C(=O)Nc2ccc(N3CCOCC3)c([N+](=O)[O-])c2)cc1. The van der Waals surface area contributed by atoms with Crippen molar-refractivity contribution in [3.05, 3.63) is 63.7 Å². The molecule has 0 unspecified atom stereocenters. The molecule has 1 amide bonds. The van der Waals surface area contributed by atoms with Crippen LogP contribution >= 0.6 is 0 Å². The summed E-state index contributed by atoms with van der Waals surface area (Å²) >= 11 is 0. The molecule has 1 aliphatic heterocycles. The second-order valence-corrected chi connectivity index (χ2v) is 6.06. The summed E-state index contributed by atoms with van der Waals surface area (Å²) in [6.45, 7) is 4.35. The fourth-order valence-electron chi connectivity index (χ4n) is 2.91. The zero-order valence-corrected chi connectivity index (χ0v) is 14.6. The lowest BCUT2D eigenvalue weighted by molar-refractivity contribution is -0.384. The number of nitrogens with one attached hydrogen (secondary N) is 1. The van der Waals surface area contributed by atoms with Crippen molar-refractivity contribution in [1.82, 2.24) is 0 Å². The number of anilines is 2. The molecule has 1 saturated heterocycles. The van der Waals surface area contributed by atoms with E-state index in [9.17, 15) is 14.9 Å². The van der Waals surface area contributed by atoms with Gasteiger partial charge in [0, 0.05) is 30.4 Å². The molecular formula is C19H21N3O4. The lowest BCUT2D eigenvalue weighted by atomic mass is 10.1. The summed E-state index contributed by atoms with van der Waals surface area (Å²) in [5.74, 6) is -0.291. The van der Waals surface area contributed by atoms with Crippen molar-refractivity contribution >= 4 is 23.0 Å². The molecule has 0 spiro atoms. The van der Waals surface area contributed by atoms with Crippen molar-refractivity contribution in [2.75, 3.05) is 36.5 Å². The number of hydrogen-bond acceptors (Lipinski definition) is 5. The van der Waals surface area contributed by atoms with Crippen molar-refractivity contribution in [3.63, 3.8) is 0 Å². The van der Waals surface area contributed by atoms with Crippen LogP contribution in [0.5, 0.6) is 0 Å². The maximum Gasteiger partial charge on any atom is 0.294 e. The first-order chi connectivity index (χ1) is 12.6. The highest BCUT2D eigenvalue weighted by Gasteiger charge is 2.22. The molecule has 2 aromatic rings. The predicted octanol–water partition coefficient (Wildman–Crippen LogP) is 3.25. The van der Waals surface area contributed by atoms with Crippen LogP contribution in [0.4, 0.5) is 17.1 Å². The Kier molecular flexibility index (Phi) is 5.48. The maximum absolute atomic E-state index is 12.4. The van der Waals surface area contributed by atoms with Gasteiger partial charge in [-0.1, -0.05) is 19.1 Å². The molecule has 1 aliphatic rings. The van der Waals surface area contributed by atoms with Crippen molar-refractivity contribution in [3.8, 4) is 0 Å². The van der Waals surface area contributed by atoms with Crippen LogP contribution in [0.25, 0.3) is 0 Å². The molecule has 0 saturated carbocycles. The second-order valence-electron chi connectivity index (χ2n) is 6.06. The van der Waals surface area contributed by atoms with Crippen LogP contribution in [0.2, 0.25) is 0 Å². The van der Waals surface area contributed by atoms with Crippen LogP contribution < -0.4 is 10.2 Å². The highest BCUT2D eigenvalue weighted by Crippen LogP contribution is 2.31. The number of benzene rings is 2. The Morgan fingerprint density at radius 3 is 2.50 bits per heavy atom. The smallest absolute Gasteiger partial charge is 0.294 e. The summed E-state index contributed by atoms with van der Waals surface area (Å²) in [6.07, 6.45) is 0.900. The van der Waals surface area contributed by atoms with E-state index in [2.05, 4.69) is 5.32 Å². The Morgan fingerprint density at radius 2 is 1.88 bits per heavy atom. The number of nitro benzene ring substituents is 1. The van der Waals surface area contributed by atoms with Crippen LogP contribution in [0.1, 0.15) is 22.8 Å². The van der Waals surface area contributed by atoms with Gasteiger partial charge >= 0.3 is 0 Å². The number of ether oxygens (including phenoxy) is 1. The number of hydrogen-bond donors (Lipinski definition) is 1. The van der Waals surface area contributed by atoms with E-state index in [1.54, 1.807) is 24.3 Å². The molecule has 1 N–H and O–H groups in total. The van der Waals surface area contributed by atoms with E-state index in [4.69, 9.17) is 4.74 Å². The first kappa shape index (κ1) is 17.9. The molecule has 0 aromatic heterocycles. The largest absolute Gasteiger partial charge is 0.378 e. The van der Waals surface area contributed by atoms with E-state index in [1.165, 1.54) is 6.07 Å². The Morgan fingerprint density at radius 1 is 1.19 bits per heavy atom. The van der Waals surface area contributed by atoms with Gasteiger partial charge < -0.3 is 15.0 Å². The second kappa shape index (κ2) is 7.97. The van der Waals surface area contributed by atoms with Gasteiger partial charge in [-0.2, -0.15) is 0 Å². The standard InChI is InChI=1S/C19H21N3O4/c1-2-14-3-5-15(6-4-14)19(23)20-16-7-8-17(18(13-16)22(24)25)21-9-11-26-12-10-21/h3-8,13H,2,9-12H2,1H3,(H,20,23). The third-order valence-electron chi connectivity index (χ3n) is 4.41. The van der Waals surface area contributed by atoms with Gasteiger partial charge in [0.1, 0.15) is 5.69 Å². The molecule has 0 bridgehead atoms. The minimum atomic E-state index is -0.420. The van der Waals surface area contributed by atoms with Crippen molar-refractivity contribution < 1.29 is 14.5 Å². The molecule has 1 fully saturated rings. The quantitative estimate of drug-likeness (QED) is 0.657. The Hall–Kier alpha value is -2.93. The fraction of sp³-hybridized carbons (Fsp3) is 0.316. The Balaban J connectivity index is 1.80. The van der Waals surface area contributed by atoms with Gasteiger partial charge in [0.2, 0.25) is 0 Å². The topological polar surface area (TPSA) is 84.7 Å². The van der Waals surface area contributed by atoms with E-state index in [0.29, 0.717) is 43.2 Å². The van der Waals surface area contributed by atoms with Gasteiger partial charge in [-0.25, -0.2) is 0 Å². The number of nitro groups is 1. The van der Waals surface area contributed by atoms with Gasteiger partial charge in [0.05, 0.1) is 18.1 Å². The summed E-state index contributed by atoms with van der Waals surface area (Å²) in [4.78, 5) is 25.4. The van der Waals surface area contributed by atoms with Crippen LogP contribution in [0.3, 0.4) is 0 Å². The predicted molar refractivity (Wildman–Crippen MR) is 99.9 cm³/mol. The molecule has 7 nitrogen and oxygen atoms in total. The average Bonchev–Trinajstić information content (AvgIpc) is 2.68. The van der Waals surface area contributed by atoms with Gasteiger partial charge in [-0.3, -0.25) is 14.9 Å². The van der Waals surface area contributed by atoms with Crippen molar-refractivity contribution in [2.24, 2.45) is 0 Å². The lowest BCUT2D eigenvalue weighted by Gasteiger charge is -2.28. The molecule has 0 atom stereocenters. The lowest BCUT2D eigenvalue weighted by Crippen LogP contribution is -2.36. The molecule has 3 rings (SSSR count). The zero-order chi connectivity index (χ0) is 18.5. The summed E-state index contributed by atoms with van der Waals surface area (Å²) in [7, 11) is 0. The summed E-state index contributed by atoms with van der Waals surface area (Å²) in [6, 6.07) is 12.1. The van der Waals surface area contributed by atoms with Crippen LogP contribution in [-0.4, -0.2) is 37.1 Å². The minimum Gasteiger partial charge on any atom is -0.378 e. The number of amides is 1. The molecular weight excluding hydrogens is 334 g/mol. The third-order valence-corrected chi connectivity index (χ3v) is 4.41. The van der Waals surface area contributed by atoms with Crippen molar-refractivity contribution in [2.45, 2.75) is 13.3 Å². The van der Waals surface area contributed by atoms with Crippen LogP contribution in [-0.2, 0) is 11.2 Å². The Labute approximate surface area is 151 Å². The number of carbonyl (C=O) groups excluding carboxylic acids is 1. The first-order valence-electron chi connectivity index (χ1n) is 8.60. The number of aryl methyl sites for hydroxylation is 1. The third kappa shape index (κ3) is 4.00. The molecule has 0 radical (unpaired) electrons. The van der Waals surface area contributed by atoms with E-state index in [1.807, 2.05) is 24.0 Å². The molecule has 0 aliphatic carbocycles. The molecule has 136 valence electrons. The highest BCUT2D eigenvalue weighted by molar-refractivity contribution is 6.04. The number of carbonyl (C=O) groups is 1. The molecule has 26 heavy (non-hydrogen) atoms. The van der Waals surface area contributed by atoms with Gasteiger partial charge in [-0.05, 0) is 36.2 Å². The number of rotatable bonds is 5. The number of morpholine rings is 1. The summed E-state index contributed by atoms with van der Waals surface area (Å²) < 4.78 is 5.29. The maximum atomic E-state index is 12.4. The molecule has 1 heterocycles. The van der Waals surface area contributed by atoms with Crippen LogP contribution in [0.15, 0.2) is 42.5 Å². The van der Waals surface area contributed by atoms with Crippen LogP contribution in [0, 0.1) is 10.1 Å². The van der Waals surface area contributed by atoms with E-state index >= 15 is 0 Å². The van der Waals surface area contributed by atoms with Gasteiger partial charge in [0.25, 0.3) is 11.6 Å². The minimum absolute atomic E-state index is 0.0222. The van der Waals surface area contributed by atoms with Crippen molar-refractivity contribution in [1.29, 1.82) is 0 Å². The molecule has 2 aromatic carbocycles. The van der Waals surface area contributed by atoms with E-state index < -0.39 is 4.92 Å². The van der Waals surface area contributed by atoms with E-state index in [-0.39, 0.29) is 11.6 Å². The Bertz CT molecular complexity index is 799. The van der Waals surface area contributed by atoms with Gasteiger partial charge in [0.15, 0.2) is 0 Å². The van der Waals surface area contributed by atoms with E-state index in [0.717, 1.165) is 12.0 Å². The van der Waals surface area contributed by atoms with Gasteiger partial charge in [-0.15, -0.1) is 0 Å². The normalized spacial score (nSPS) is 14.1. The zero-order valence-electron chi connectivity index (χ0n) is 14.6. The monoisotopic (exact) mass is 355 g/mol. The summed E-state index contributed by atoms with van der Waals surface area (Å²) in [5.41, 5.74) is 2.59. The average molecular weight is 355 g/mol. The highest BCUT2D eigenvalue weighted by atomic mass is 16.6. The summed E-state index contributed by atoms with van der Waals surface area (Å²) in [5, 5.41) is 14.2. The molecule has 7 heteroatoms. The fourth-order valence-corrected chi connectivity index (χ4v) is 2.91. The first-order valence-corrected chi connectivity index (χ1v) is 8.60. The number of nitrogens with zero attached hydrogens (tertiary/aromatic N) is 2.